The first-order valence-corrected chi connectivity index (χ1v) is 12.0. The van der Waals surface area contributed by atoms with Gasteiger partial charge in [0.15, 0.2) is 17.7 Å². The molecule has 0 radical (unpaired) electrons. The van der Waals surface area contributed by atoms with Crippen molar-refractivity contribution in [3.63, 3.8) is 0 Å². The third-order valence-electron chi connectivity index (χ3n) is 10.8. The van der Waals surface area contributed by atoms with E-state index < -0.39 is 62.9 Å². The molecule has 3 aliphatic carbocycles. The van der Waals surface area contributed by atoms with Gasteiger partial charge in [-0.15, -0.1) is 0 Å². The van der Waals surface area contributed by atoms with Gasteiger partial charge in [0, 0.05) is 21.8 Å². The molecule has 34 heavy (non-hydrogen) atoms. The number of allylic oxidation sites excluding steroid dienone is 1. The summed E-state index contributed by atoms with van der Waals surface area (Å²) < 4.78 is 23.7. The van der Waals surface area contributed by atoms with Crippen LogP contribution in [0.25, 0.3) is 0 Å². The lowest BCUT2D eigenvalue weighted by Gasteiger charge is -2.66. The number of carbonyl (C=O) groups is 3. The molecule has 7 rings (SSSR count). The zero-order valence-corrected chi connectivity index (χ0v) is 19.6. The van der Waals surface area contributed by atoms with Gasteiger partial charge in [-0.3, -0.25) is 9.59 Å². The van der Waals surface area contributed by atoms with Crippen LogP contribution < -0.4 is 0 Å². The summed E-state index contributed by atoms with van der Waals surface area (Å²) in [5, 5.41) is 11.9. The number of fused-ring (bicyclic) bond motifs is 1. The number of cyclic esters (lactones) is 1. The Morgan fingerprint density at radius 1 is 1.09 bits per heavy atom. The maximum Gasteiger partial charge on any atom is 0.339 e. The first kappa shape index (κ1) is 21.0. The monoisotopic (exact) mass is 468 g/mol. The molecule has 3 aliphatic heterocycles. The van der Waals surface area contributed by atoms with Gasteiger partial charge in [0.2, 0.25) is 0 Å². The van der Waals surface area contributed by atoms with Crippen LogP contribution in [0.2, 0.25) is 0 Å². The van der Waals surface area contributed by atoms with Crippen LogP contribution in [-0.4, -0.2) is 52.7 Å². The largest absolute Gasteiger partial charge is 0.472 e. The average Bonchev–Trinajstić information content (AvgIpc) is 3.08. The maximum atomic E-state index is 14.2. The van der Waals surface area contributed by atoms with Crippen LogP contribution >= 0.6 is 0 Å². The SMILES string of the molecule is CC1(C)OC[C@]23C=CC(=O)[C@]12C(=O)[C@H](O)[C@]1(C)[C@@H]3CC[C@@]2(C)[C@H](c3ccoc3)OC(=O)[C@H]3O[C@@]312. The van der Waals surface area contributed by atoms with E-state index in [9.17, 15) is 19.5 Å². The van der Waals surface area contributed by atoms with E-state index >= 15 is 0 Å². The van der Waals surface area contributed by atoms with Crippen molar-refractivity contribution in [3.8, 4) is 0 Å². The number of furan rings is 1. The number of ketones is 2. The first-order valence-electron chi connectivity index (χ1n) is 12.0. The molecule has 8 heteroatoms. The maximum absolute atomic E-state index is 14.2. The molecule has 9 atom stereocenters. The molecule has 2 saturated carbocycles. The van der Waals surface area contributed by atoms with E-state index in [4.69, 9.17) is 18.6 Å². The average molecular weight is 469 g/mol. The van der Waals surface area contributed by atoms with E-state index in [0.29, 0.717) is 12.8 Å². The van der Waals surface area contributed by atoms with Crippen molar-refractivity contribution >= 4 is 17.5 Å². The summed E-state index contributed by atoms with van der Waals surface area (Å²) in [5.74, 6) is -1.65. The Balaban J connectivity index is 1.47. The van der Waals surface area contributed by atoms with Gasteiger partial charge in [0.05, 0.1) is 24.7 Å². The van der Waals surface area contributed by atoms with Gasteiger partial charge in [-0.2, -0.15) is 0 Å². The predicted molar refractivity (Wildman–Crippen MR) is 114 cm³/mol. The molecule has 180 valence electrons. The number of aliphatic hydroxyl groups excluding tert-OH is 1. The summed E-state index contributed by atoms with van der Waals surface area (Å²) in [6.45, 7) is 7.61. The van der Waals surface area contributed by atoms with Crippen molar-refractivity contribution in [1.29, 1.82) is 0 Å². The quantitative estimate of drug-likeness (QED) is 0.379. The van der Waals surface area contributed by atoms with Crippen molar-refractivity contribution in [1.82, 2.24) is 0 Å². The molecule has 1 spiro atoms. The highest BCUT2D eigenvalue weighted by Gasteiger charge is 2.92. The van der Waals surface area contributed by atoms with Gasteiger partial charge in [-0.05, 0) is 44.7 Å². The number of epoxide rings is 1. The summed E-state index contributed by atoms with van der Waals surface area (Å²) in [4.78, 5) is 40.8. The van der Waals surface area contributed by atoms with E-state index in [-0.39, 0.29) is 18.3 Å². The number of carbonyl (C=O) groups excluding carboxylic acids is 3. The predicted octanol–water partition coefficient (Wildman–Crippen LogP) is 2.30. The van der Waals surface area contributed by atoms with Gasteiger partial charge in [-0.25, -0.2) is 4.79 Å². The van der Waals surface area contributed by atoms with E-state index in [2.05, 4.69) is 0 Å². The second-order valence-electron chi connectivity index (χ2n) is 12.0. The number of Topliss-reactive ketones (excluding diaryl/α,β-unsaturated/α-hetero) is 1. The van der Waals surface area contributed by atoms with Crippen LogP contribution in [0.5, 0.6) is 0 Å². The smallest absolute Gasteiger partial charge is 0.339 e. The molecule has 0 bridgehead atoms. The first-order chi connectivity index (χ1) is 16.0. The molecule has 0 unspecified atom stereocenters. The summed E-state index contributed by atoms with van der Waals surface area (Å²) in [6, 6.07) is 1.77. The molecule has 8 nitrogen and oxygen atoms in total. The molecule has 0 amide bonds. The van der Waals surface area contributed by atoms with Crippen LogP contribution in [0.15, 0.2) is 35.2 Å². The Hall–Kier alpha value is -2.29. The molecule has 5 fully saturated rings. The van der Waals surface area contributed by atoms with Gasteiger partial charge >= 0.3 is 5.97 Å². The van der Waals surface area contributed by atoms with Gasteiger partial charge < -0.3 is 23.7 Å². The van der Waals surface area contributed by atoms with E-state index in [0.717, 1.165) is 5.56 Å². The summed E-state index contributed by atoms with van der Waals surface area (Å²) in [6.07, 6.45) is 4.65. The second-order valence-corrected chi connectivity index (χ2v) is 12.0. The highest BCUT2D eigenvalue weighted by molar-refractivity contribution is 6.18. The van der Waals surface area contributed by atoms with Crippen LogP contribution in [0, 0.1) is 27.6 Å². The minimum absolute atomic E-state index is 0.202. The van der Waals surface area contributed by atoms with Gasteiger partial charge in [0.1, 0.15) is 23.2 Å². The molecule has 1 N–H and O–H groups in total. The summed E-state index contributed by atoms with van der Waals surface area (Å²) in [7, 11) is 0. The molecule has 1 aromatic rings. The van der Waals surface area contributed by atoms with E-state index in [1.807, 2.05) is 19.9 Å². The Morgan fingerprint density at radius 2 is 1.85 bits per heavy atom. The van der Waals surface area contributed by atoms with Crippen LogP contribution in [0.1, 0.15) is 52.2 Å². The molecule has 0 aromatic carbocycles. The zero-order valence-electron chi connectivity index (χ0n) is 19.6. The molecule has 1 aromatic heterocycles. The minimum atomic E-state index is -1.50. The Bertz CT molecular complexity index is 1200. The van der Waals surface area contributed by atoms with Gasteiger partial charge in [0.25, 0.3) is 0 Å². The van der Waals surface area contributed by atoms with Crippen molar-refractivity contribution in [3.05, 3.63) is 36.3 Å². The lowest BCUT2D eigenvalue weighted by atomic mass is 9.34. The van der Waals surface area contributed by atoms with Crippen LogP contribution in [-0.2, 0) is 28.6 Å². The number of rotatable bonds is 1. The Labute approximate surface area is 196 Å². The summed E-state index contributed by atoms with van der Waals surface area (Å²) in [5.41, 5.74) is -5.71. The lowest BCUT2D eigenvalue weighted by molar-refractivity contribution is -0.239. The lowest BCUT2D eigenvalue weighted by Crippen LogP contribution is -2.77. The number of esters is 1. The Kier molecular flexibility index (Phi) is 3.45. The number of hydrogen-bond acceptors (Lipinski definition) is 8. The number of ether oxygens (including phenoxy) is 3. The highest BCUT2D eigenvalue weighted by Crippen LogP contribution is 2.81. The molecule has 3 saturated heterocycles. The Morgan fingerprint density at radius 3 is 2.56 bits per heavy atom. The second kappa shape index (κ2) is 5.58. The third-order valence-corrected chi connectivity index (χ3v) is 10.8. The fraction of sp³-hybridized carbons (Fsp3) is 0.654. The van der Waals surface area contributed by atoms with Crippen molar-refractivity contribution in [2.45, 2.75) is 70.1 Å². The molecular formula is C26H28O8. The fourth-order valence-electron chi connectivity index (χ4n) is 9.42. The topological polar surface area (TPSA) is 116 Å². The van der Waals surface area contributed by atoms with Crippen LogP contribution in [0.3, 0.4) is 0 Å². The van der Waals surface area contributed by atoms with Crippen molar-refractivity contribution in [2.24, 2.45) is 27.6 Å². The third kappa shape index (κ3) is 1.68. The molecule has 4 heterocycles. The minimum Gasteiger partial charge on any atom is -0.472 e. The summed E-state index contributed by atoms with van der Waals surface area (Å²) >= 11 is 0. The number of hydrogen-bond donors (Lipinski definition) is 1. The van der Waals surface area contributed by atoms with E-state index in [1.54, 1.807) is 26.2 Å². The number of aliphatic hydroxyl groups is 1. The van der Waals surface area contributed by atoms with Gasteiger partial charge in [-0.1, -0.05) is 19.9 Å². The molecule has 6 aliphatic rings. The normalized spacial score (nSPS) is 54.0. The van der Waals surface area contributed by atoms with E-state index in [1.165, 1.54) is 12.3 Å². The molecular weight excluding hydrogens is 440 g/mol. The standard InChI is InChI=1S/C26H28O8/c1-21(2)25-15(27)6-9-24(25,12-32-21)14-5-8-22(3)18(13-7-10-31-11-13)33-20(30)19-26(22,34-19)23(14,4)16(28)17(25)29/h6-7,9-11,14,16,18-19,28H,5,8,12H2,1-4H3/t14-,16-,18-,19+,22-,23-,24-,25-,26+/m0/s1. The van der Waals surface area contributed by atoms with Crippen LogP contribution in [0.4, 0.5) is 0 Å². The van der Waals surface area contributed by atoms with Crippen molar-refractivity contribution < 1.29 is 38.1 Å². The fourth-order valence-corrected chi connectivity index (χ4v) is 9.42. The zero-order chi connectivity index (χ0) is 24.1. The van der Waals surface area contributed by atoms with Crippen molar-refractivity contribution in [2.75, 3.05) is 6.61 Å². The highest BCUT2D eigenvalue weighted by atomic mass is 16.7.